The first-order valence-electron chi connectivity index (χ1n) is 6.08. The summed E-state index contributed by atoms with van der Waals surface area (Å²) < 4.78 is 6.12. The molecule has 5 heteroatoms. The minimum Gasteiger partial charge on any atom is -0.443 e. The fourth-order valence-corrected chi connectivity index (χ4v) is 2.32. The van der Waals surface area contributed by atoms with Gasteiger partial charge in [-0.25, -0.2) is 4.98 Å². The molecule has 3 aromatic rings. The number of nitrogens with one attached hydrogen (secondary N) is 1. The molecule has 0 fully saturated rings. The highest BCUT2D eigenvalue weighted by atomic mass is 79.9. The number of benzene rings is 2. The monoisotopic (exact) mass is 330 g/mol. The normalized spacial score (nSPS) is 10.7. The number of amides is 1. The molecule has 100 valence electrons. The van der Waals surface area contributed by atoms with E-state index >= 15 is 0 Å². The Morgan fingerprint density at radius 2 is 2.15 bits per heavy atom. The molecule has 0 aliphatic carbocycles. The second kappa shape index (κ2) is 5.46. The predicted molar refractivity (Wildman–Crippen MR) is 79.3 cm³/mol. The van der Waals surface area contributed by atoms with Crippen LogP contribution in [-0.2, 0) is 6.54 Å². The fraction of sp³-hybridized carbons (Fsp3) is 0.0667. The van der Waals surface area contributed by atoms with Crippen LogP contribution in [0.5, 0.6) is 0 Å². The largest absolute Gasteiger partial charge is 0.443 e. The fourth-order valence-electron chi connectivity index (χ4n) is 1.92. The lowest BCUT2D eigenvalue weighted by Crippen LogP contribution is -2.22. The van der Waals surface area contributed by atoms with Crippen LogP contribution >= 0.6 is 15.9 Å². The summed E-state index contributed by atoms with van der Waals surface area (Å²) in [6, 6.07) is 13.0. The van der Waals surface area contributed by atoms with Crippen molar-refractivity contribution in [3.8, 4) is 0 Å². The van der Waals surface area contributed by atoms with Gasteiger partial charge in [0.05, 0.1) is 0 Å². The molecule has 0 unspecified atom stereocenters. The standard InChI is InChI=1S/C15H11BrN2O2/c16-12-3-1-2-11(7-12)15(19)17-8-10-4-5-13-14(6-10)20-9-18-13/h1-7,9H,8H2,(H,17,19). The highest BCUT2D eigenvalue weighted by Crippen LogP contribution is 2.15. The lowest BCUT2D eigenvalue weighted by atomic mass is 10.2. The van der Waals surface area contributed by atoms with Crippen LogP contribution < -0.4 is 5.32 Å². The number of hydrogen-bond acceptors (Lipinski definition) is 3. The number of rotatable bonds is 3. The summed E-state index contributed by atoms with van der Waals surface area (Å²) in [5.74, 6) is -0.107. The maximum atomic E-state index is 12.0. The Hall–Kier alpha value is -2.14. The molecule has 1 N–H and O–H groups in total. The molecule has 0 radical (unpaired) electrons. The van der Waals surface area contributed by atoms with Gasteiger partial charge < -0.3 is 9.73 Å². The van der Waals surface area contributed by atoms with Crippen molar-refractivity contribution in [2.75, 3.05) is 0 Å². The molecule has 0 saturated carbocycles. The molecule has 4 nitrogen and oxygen atoms in total. The van der Waals surface area contributed by atoms with Gasteiger partial charge in [0, 0.05) is 16.6 Å². The van der Waals surface area contributed by atoms with E-state index in [1.807, 2.05) is 30.3 Å². The Kier molecular flexibility index (Phi) is 3.52. The van der Waals surface area contributed by atoms with Gasteiger partial charge in [0.1, 0.15) is 5.52 Å². The Morgan fingerprint density at radius 1 is 1.25 bits per heavy atom. The summed E-state index contributed by atoms with van der Waals surface area (Å²) >= 11 is 3.35. The number of hydrogen-bond donors (Lipinski definition) is 1. The minimum atomic E-state index is -0.107. The maximum absolute atomic E-state index is 12.0. The van der Waals surface area contributed by atoms with Crippen LogP contribution in [0.2, 0.25) is 0 Å². The highest BCUT2D eigenvalue weighted by Gasteiger charge is 2.06. The Bertz CT molecular complexity index is 767. The second-order valence-electron chi connectivity index (χ2n) is 4.35. The number of fused-ring (bicyclic) bond motifs is 1. The van der Waals surface area contributed by atoms with Gasteiger partial charge >= 0.3 is 0 Å². The number of nitrogens with zero attached hydrogens (tertiary/aromatic N) is 1. The van der Waals surface area contributed by atoms with E-state index < -0.39 is 0 Å². The van der Waals surface area contributed by atoms with Gasteiger partial charge in [-0.3, -0.25) is 4.79 Å². The number of halogens is 1. The Morgan fingerprint density at radius 3 is 3.00 bits per heavy atom. The molecule has 20 heavy (non-hydrogen) atoms. The summed E-state index contributed by atoms with van der Waals surface area (Å²) in [5.41, 5.74) is 3.13. The summed E-state index contributed by atoms with van der Waals surface area (Å²) in [6.07, 6.45) is 1.41. The first kappa shape index (κ1) is 12.9. The average Bonchev–Trinajstić information content (AvgIpc) is 2.92. The van der Waals surface area contributed by atoms with Gasteiger partial charge in [0.15, 0.2) is 12.0 Å². The topological polar surface area (TPSA) is 55.1 Å². The van der Waals surface area contributed by atoms with Gasteiger partial charge in [-0.15, -0.1) is 0 Å². The lowest BCUT2D eigenvalue weighted by molar-refractivity contribution is 0.0951. The SMILES string of the molecule is O=C(NCc1ccc2ncoc2c1)c1cccc(Br)c1. The average molecular weight is 331 g/mol. The highest BCUT2D eigenvalue weighted by molar-refractivity contribution is 9.10. The predicted octanol–water partition coefficient (Wildman–Crippen LogP) is 3.52. The van der Waals surface area contributed by atoms with Crippen LogP contribution in [-0.4, -0.2) is 10.9 Å². The molecule has 1 aromatic heterocycles. The van der Waals surface area contributed by atoms with E-state index in [0.29, 0.717) is 12.1 Å². The molecular weight excluding hydrogens is 320 g/mol. The van der Waals surface area contributed by atoms with Gasteiger partial charge in [-0.05, 0) is 35.9 Å². The van der Waals surface area contributed by atoms with Crippen molar-refractivity contribution in [2.24, 2.45) is 0 Å². The molecule has 0 saturated heterocycles. The molecule has 0 aliphatic heterocycles. The molecule has 0 bridgehead atoms. The van der Waals surface area contributed by atoms with Crippen molar-refractivity contribution in [1.82, 2.24) is 10.3 Å². The van der Waals surface area contributed by atoms with Gasteiger partial charge in [0.2, 0.25) is 0 Å². The van der Waals surface area contributed by atoms with Crippen molar-refractivity contribution >= 4 is 32.9 Å². The van der Waals surface area contributed by atoms with E-state index in [0.717, 1.165) is 21.1 Å². The van der Waals surface area contributed by atoms with Crippen LogP contribution in [0.4, 0.5) is 0 Å². The third-order valence-corrected chi connectivity index (χ3v) is 3.43. The van der Waals surface area contributed by atoms with Crippen molar-refractivity contribution in [3.63, 3.8) is 0 Å². The minimum absolute atomic E-state index is 0.107. The summed E-state index contributed by atoms with van der Waals surface area (Å²) in [4.78, 5) is 16.1. The summed E-state index contributed by atoms with van der Waals surface area (Å²) in [5, 5.41) is 2.88. The third-order valence-electron chi connectivity index (χ3n) is 2.94. The molecule has 1 amide bonds. The van der Waals surface area contributed by atoms with Crippen molar-refractivity contribution in [2.45, 2.75) is 6.54 Å². The molecule has 0 atom stereocenters. The van der Waals surface area contributed by atoms with Gasteiger partial charge in [0.25, 0.3) is 5.91 Å². The van der Waals surface area contributed by atoms with Crippen LogP contribution in [0.15, 0.2) is 57.7 Å². The quantitative estimate of drug-likeness (QED) is 0.799. The molecule has 1 heterocycles. The summed E-state index contributed by atoms with van der Waals surface area (Å²) in [7, 11) is 0. The van der Waals surface area contributed by atoms with Gasteiger partial charge in [-0.1, -0.05) is 28.1 Å². The lowest BCUT2D eigenvalue weighted by Gasteiger charge is -2.05. The van der Waals surface area contributed by atoms with Crippen LogP contribution in [0.3, 0.4) is 0 Å². The molecule has 3 rings (SSSR count). The van der Waals surface area contributed by atoms with E-state index in [9.17, 15) is 4.79 Å². The first-order chi connectivity index (χ1) is 9.72. The van der Waals surface area contributed by atoms with Gasteiger partial charge in [-0.2, -0.15) is 0 Å². The zero-order valence-corrected chi connectivity index (χ0v) is 12.1. The van der Waals surface area contributed by atoms with E-state index in [1.54, 1.807) is 12.1 Å². The number of aromatic nitrogens is 1. The maximum Gasteiger partial charge on any atom is 0.251 e. The van der Waals surface area contributed by atoms with Crippen LogP contribution in [0.25, 0.3) is 11.1 Å². The van der Waals surface area contributed by atoms with E-state index in [-0.39, 0.29) is 5.91 Å². The van der Waals surface area contributed by atoms with Crippen LogP contribution in [0, 0.1) is 0 Å². The number of oxazole rings is 1. The Balaban J connectivity index is 1.71. The van der Waals surface area contributed by atoms with E-state index in [1.165, 1.54) is 6.39 Å². The van der Waals surface area contributed by atoms with Crippen molar-refractivity contribution in [3.05, 3.63) is 64.5 Å². The van der Waals surface area contributed by atoms with Crippen molar-refractivity contribution < 1.29 is 9.21 Å². The number of carbonyl (C=O) groups excluding carboxylic acids is 1. The molecule has 2 aromatic carbocycles. The van der Waals surface area contributed by atoms with E-state index in [2.05, 4.69) is 26.2 Å². The van der Waals surface area contributed by atoms with Crippen molar-refractivity contribution in [1.29, 1.82) is 0 Å². The molecular formula is C15H11BrN2O2. The molecule has 0 aliphatic rings. The number of carbonyl (C=O) groups is 1. The first-order valence-corrected chi connectivity index (χ1v) is 6.87. The molecule has 0 spiro atoms. The zero-order chi connectivity index (χ0) is 13.9. The summed E-state index contributed by atoms with van der Waals surface area (Å²) in [6.45, 7) is 0.446. The van der Waals surface area contributed by atoms with E-state index in [4.69, 9.17) is 4.42 Å². The smallest absolute Gasteiger partial charge is 0.251 e. The van der Waals surface area contributed by atoms with Crippen LogP contribution in [0.1, 0.15) is 15.9 Å². The second-order valence-corrected chi connectivity index (χ2v) is 5.26. The third kappa shape index (κ3) is 2.72. The zero-order valence-electron chi connectivity index (χ0n) is 10.5. The Labute approximate surface area is 123 Å².